The third kappa shape index (κ3) is 7.70. The van der Waals surface area contributed by atoms with Crippen LogP contribution in [0.1, 0.15) is 52.5 Å². The van der Waals surface area contributed by atoms with E-state index in [1.807, 2.05) is 36.4 Å². The van der Waals surface area contributed by atoms with Gasteiger partial charge in [0.1, 0.15) is 35.6 Å². The number of hydrogen-bond acceptors (Lipinski definition) is 7. The maximum Gasteiger partial charge on any atom is 0.295 e. The summed E-state index contributed by atoms with van der Waals surface area (Å²) in [7, 11) is -7.59. The van der Waals surface area contributed by atoms with Gasteiger partial charge in [-0.15, -0.1) is 0 Å². The van der Waals surface area contributed by atoms with E-state index in [2.05, 4.69) is 97.8 Å². The number of ether oxygens (including phenoxy) is 2. The molecule has 1 aliphatic heterocycles. The zero-order valence-electron chi connectivity index (χ0n) is 37.0. The summed E-state index contributed by atoms with van der Waals surface area (Å²) in [5, 5.41) is 9.37. The van der Waals surface area contributed by atoms with Gasteiger partial charge in [0.2, 0.25) is 10.0 Å². The Kier molecular flexibility index (Phi) is 11.7. The molecule has 1 atom stereocenters. The van der Waals surface area contributed by atoms with Crippen LogP contribution in [0.5, 0.6) is 5.75 Å². The molecule has 12 heteroatoms. The third-order valence-corrected chi connectivity index (χ3v) is 15.8. The minimum absolute atomic E-state index is 0.174. The standard InChI is InChI=1S/C52H53N3O7S2/c1-6-54(7-2)37-19-24-43-47(31-37)62-48-32-38(55(8-3)9-4)20-25-44(48)52(43)45-26-21-39(33-49(45)64(58,59)60)63(56,57)53(5)28-12-13-29-61-46-27-18-34-16-22-41-40-15-11-10-14-35(40)30-36-17-23-42(46)50(34)51(36)41/h10-11,14-27,30-31,33,47H,6-9,12-13,28-29,32H2,1-5H3/p+1. The van der Waals surface area contributed by atoms with Crippen molar-refractivity contribution >= 4 is 74.5 Å². The van der Waals surface area contributed by atoms with Crippen LogP contribution in [0.25, 0.3) is 48.7 Å². The maximum absolute atomic E-state index is 14.1. The van der Waals surface area contributed by atoms with Crippen molar-refractivity contribution in [3.05, 3.63) is 143 Å². The Hall–Kier alpha value is -5.79. The van der Waals surface area contributed by atoms with Crippen LogP contribution in [-0.2, 0) is 24.9 Å². The van der Waals surface area contributed by atoms with E-state index in [-0.39, 0.29) is 17.0 Å². The number of nitrogens with zero attached hydrogens (tertiary/aromatic N) is 3. The summed E-state index contributed by atoms with van der Waals surface area (Å²) in [4.78, 5) is 1.51. The predicted molar refractivity (Wildman–Crippen MR) is 258 cm³/mol. The van der Waals surface area contributed by atoms with E-state index in [0.29, 0.717) is 42.8 Å². The lowest BCUT2D eigenvalue weighted by atomic mass is 9.83. The van der Waals surface area contributed by atoms with Crippen molar-refractivity contribution in [2.45, 2.75) is 62.9 Å². The Morgan fingerprint density at radius 2 is 1.50 bits per heavy atom. The zero-order valence-corrected chi connectivity index (χ0v) is 38.6. The van der Waals surface area contributed by atoms with Gasteiger partial charge in [-0.25, -0.2) is 17.3 Å². The number of allylic oxidation sites excluding steroid dienone is 6. The van der Waals surface area contributed by atoms with Gasteiger partial charge in [0.05, 0.1) is 17.9 Å². The first-order valence-electron chi connectivity index (χ1n) is 22.2. The van der Waals surface area contributed by atoms with Crippen LogP contribution in [-0.4, -0.2) is 93.4 Å². The van der Waals surface area contributed by atoms with Gasteiger partial charge in [-0.05, 0) is 121 Å². The zero-order chi connectivity index (χ0) is 44.9. The fourth-order valence-corrected chi connectivity index (χ4v) is 11.8. The van der Waals surface area contributed by atoms with Crippen LogP contribution in [0.3, 0.4) is 0 Å². The molecule has 1 heterocycles. The van der Waals surface area contributed by atoms with Crippen LogP contribution >= 0.6 is 0 Å². The van der Waals surface area contributed by atoms with Crippen molar-refractivity contribution < 1.29 is 35.4 Å². The minimum atomic E-state index is -4.91. The van der Waals surface area contributed by atoms with Crippen LogP contribution in [0.15, 0.2) is 148 Å². The van der Waals surface area contributed by atoms with Crippen molar-refractivity contribution in [1.29, 1.82) is 0 Å². The molecule has 0 aromatic heterocycles. The lowest BCUT2D eigenvalue weighted by Crippen LogP contribution is -2.30. The average molecular weight is 897 g/mol. The first kappa shape index (κ1) is 43.5. The highest BCUT2D eigenvalue weighted by Crippen LogP contribution is 2.45. The van der Waals surface area contributed by atoms with Crippen molar-refractivity contribution in [3.63, 3.8) is 0 Å². The first-order valence-corrected chi connectivity index (χ1v) is 25.1. The van der Waals surface area contributed by atoms with Crippen LogP contribution in [0.2, 0.25) is 0 Å². The minimum Gasteiger partial charge on any atom is -0.493 e. The van der Waals surface area contributed by atoms with E-state index < -0.39 is 31.1 Å². The monoisotopic (exact) mass is 896 g/mol. The Bertz CT molecular complexity index is 3260. The molecule has 6 aromatic carbocycles. The highest BCUT2D eigenvalue weighted by Gasteiger charge is 2.36. The second-order valence-electron chi connectivity index (χ2n) is 16.6. The van der Waals surface area contributed by atoms with E-state index in [1.54, 1.807) is 0 Å². The largest absolute Gasteiger partial charge is 0.493 e. The van der Waals surface area contributed by atoms with Gasteiger partial charge in [-0.3, -0.25) is 4.55 Å². The fourth-order valence-electron chi connectivity index (χ4n) is 9.72. The molecule has 0 saturated heterocycles. The molecule has 10 nitrogen and oxygen atoms in total. The smallest absolute Gasteiger partial charge is 0.295 e. The Balaban J connectivity index is 0.958. The fraction of sp³-hybridized carbons (Fsp3) is 0.288. The lowest BCUT2D eigenvalue weighted by molar-refractivity contribution is -0.521. The number of fused-ring (bicyclic) bond motifs is 3. The van der Waals surface area contributed by atoms with E-state index in [4.69, 9.17) is 9.47 Å². The normalized spacial score (nSPS) is 16.6. The Morgan fingerprint density at radius 1 is 0.766 bits per heavy atom. The Labute approximate surface area is 375 Å². The van der Waals surface area contributed by atoms with E-state index in [0.717, 1.165) is 65.7 Å². The van der Waals surface area contributed by atoms with Crippen LogP contribution < -0.4 is 4.74 Å². The van der Waals surface area contributed by atoms with Gasteiger partial charge in [-0.1, -0.05) is 60.7 Å². The van der Waals surface area contributed by atoms with E-state index >= 15 is 0 Å². The summed E-state index contributed by atoms with van der Waals surface area (Å²) in [5.41, 5.74) is 4.28. The number of sulfonamides is 1. The first-order chi connectivity index (χ1) is 30.9. The molecule has 1 unspecified atom stereocenters. The molecule has 2 aliphatic carbocycles. The van der Waals surface area contributed by atoms with Crippen molar-refractivity contribution in [3.8, 4) is 5.75 Å². The average Bonchev–Trinajstić information content (AvgIpc) is 3.30. The molecule has 330 valence electrons. The summed E-state index contributed by atoms with van der Waals surface area (Å²) >= 11 is 0. The number of benzene rings is 6. The van der Waals surface area contributed by atoms with Gasteiger partial charge in [0, 0.05) is 71.5 Å². The summed E-state index contributed by atoms with van der Waals surface area (Å²) in [5.74, 6) is 1.46. The third-order valence-electron chi connectivity index (χ3n) is 13.1. The Morgan fingerprint density at radius 3 is 2.27 bits per heavy atom. The second kappa shape index (κ2) is 17.3. The van der Waals surface area contributed by atoms with Gasteiger partial charge in [0.25, 0.3) is 10.1 Å². The number of hydrogen-bond donors (Lipinski definition) is 1. The molecule has 0 fully saturated rings. The molecule has 1 N–H and O–H groups in total. The molecule has 64 heavy (non-hydrogen) atoms. The number of unbranched alkanes of at least 4 members (excludes halogenated alkanes) is 1. The summed E-state index contributed by atoms with van der Waals surface area (Å²) < 4.78 is 82.1. The molecule has 0 radical (unpaired) electrons. The quantitative estimate of drug-likeness (QED) is 0.0356. The molecular weight excluding hydrogens is 843 g/mol. The molecule has 0 spiro atoms. The predicted octanol–water partition coefficient (Wildman–Crippen LogP) is 10.1. The summed E-state index contributed by atoms with van der Waals surface area (Å²) in [6.07, 6.45) is 11.0. The van der Waals surface area contributed by atoms with E-state index in [9.17, 15) is 21.4 Å². The molecule has 0 amide bonds. The molecule has 9 rings (SSSR count). The summed E-state index contributed by atoms with van der Waals surface area (Å²) in [6.45, 7) is 12.2. The topological polar surface area (TPSA) is 116 Å². The highest BCUT2D eigenvalue weighted by molar-refractivity contribution is 7.89. The van der Waals surface area contributed by atoms with Gasteiger partial charge in [0.15, 0.2) is 5.71 Å². The SMILES string of the molecule is CCN(CC)C1=CC2OC3=C(C=CC(=[N+](CC)CC)C3)C(c3ccc(S(=O)(=O)N(C)CCCCOc4ccc5ccc6c7ccccc7cc7ccc4c5c76)cc3S(=O)(=O)O)=C2C=C1. The lowest BCUT2D eigenvalue weighted by Gasteiger charge is -2.35. The van der Waals surface area contributed by atoms with E-state index in [1.165, 1.54) is 55.8 Å². The molecular formula is C52H54N3O7S2+. The number of likely N-dealkylation sites (N-methyl/N-ethyl adjacent to an activating group) is 1. The van der Waals surface area contributed by atoms with Gasteiger partial charge >= 0.3 is 0 Å². The molecule has 0 bridgehead atoms. The van der Waals surface area contributed by atoms with Gasteiger partial charge in [-0.2, -0.15) is 8.42 Å². The molecule has 0 saturated carbocycles. The van der Waals surface area contributed by atoms with Crippen molar-refractivity contribution in [1.82, 2.24) is 9.21 Å². The van der Waals surface area contributed by atoms with Crippen LogP contribution in [0.4, 0.5) is 0 Å². The maximum atomic E-state index is 14.1. The second-order valence-corrected chi connectivity index (χ2v) is 20.0. The van der Waals surface area contributed by atoms with Gasteiger partial charge < -0.3 is 14.4 Å². The molecule has 3 aliphatic rings. The highest BCUT2D eigenvalue weighted by atomic mass is 32.2. The molecule has 6 aromatic rings. The van der Waals surface area contributed by atoms with Crippen molar-refractivity contribution in [2.24, 2.45) is 0 Å². The number of rotatable bonds is 15. The summed E-state index contributed by atoms with van der Waals surface area (Å²) in [6, 6.07) is 27.4. The van der Waals surface area contributed by atoms with Crippen molar-refractivity contribution in [2.75, 3.05) is 46.4 Å². The van der Waals surface area contributed by atoms with Crippen LogP contribution in [0, 0.1) is 0 Å².